The summed E-state index contributed by atoms with van der Waals surface area (Å²) in [6.07, 6.45) is 9.62. The highest BCUT2D eigenvalue weighted by Crippen LogP contribution is 2.21. The summed E-state index contributed by atoms with van der Waals surface area (Å²) in [7, 11) is 1.98. The number of hydrogen-bond donors (Lipinski definition) is 1. The van der Waals surface area contributed by atoms with E-state index < -0.39 is 0 Å². The molecule has 0 bridgehead atoms. The number of likely N-dealkylation sites (tertiary alicyclic amines) is 1. The van der Waals surface area contributed by atoms with Crippen LogP contribution in [0.3, 0.4) is 0 Å². The van der Waals surface area contributed by atoms with Crippen LogP contribution in [0.5, 0.6) is 0 Å². The van der Waals surface area contributed by atoms with E-state index in [-0.39, 0.29) is 6.03 Å². The zero-order valence-corrected chi connectivity index (χ0v) is 15.6. The van der Waals surface area contributed by atoms with Gasteiger partial charge in [-0.2, -0.15) is 0 Å². The molecule has 4 nitrogen and oxygen atoms in total. The van der Waals surface area contributed by atoms with Crippen LogP contribution in [0.25, 0.3) is 0 Å². The van der Waals surface area contributed by atoms with Crippen LogP contribution in [-0.2, 0) is 6.54 Å². The van der Waals surface area contributed by atoms with Gasteiger partial charge in [0.2, 0.25) is 0 Å². The van der Waals surface area contributed by atoms with Gasteiger partial charge in [-0.05, 0) is 31.2 Å². The fourth-order valence-electron chi connectivity index (χ4n) is 4.16. The van der Waals surface area contributed by atoms with E-state index in [0.29, 0.717) is 12.1 Å². The highest BCUT2D eigenvalue weighted by molar-refractivity contribution is 5.74. The Morgan fingerprint density at radius 1 is 1.04 bits per heavy atom. The Labute approximate surface area is 152 Å². The Balaban J connectivity index is 1.41. The third kappa shape index (κ3) is 5.46. The van der Waals surface area contributed by atoms with Crippen molar-refractivity contribution in [1.29, 1.82) is 0 Å². The van der Waals surface area contributed by atoms with Crippen molar-refractivity contribution in [3.63, 3.8) is 0 Å². The molecular weight excluding hydrogens is 310 g/mol. The molecule has 4 heteroatoms. The van der Waals surface area contributed by atoms with E-state index in [1.807, 2.05) is 11.9 Å². The van der Waals surface area contributed by atoms with Gasteiger partial charge in [0.25, 0.3) is 0 Å². The average Bonchev–Trinajstić information content (AvgIpc) is 2.93. The number of rotatable bonds is 4. The lowest BCUT2D eigenvalue weighted by atomic mass is 10.0. The lowest BCUT2D eigenvalue weighted by Gasteiger charge is -2.34. The van der Waals surface area contributed by atoms with Crippen molar-refractivity contribution in [3.8, 4) is 0 Å². The first-order valence-corrected chi connectivity index (χ1v) is 10.0. The topological polar surface area (TPSA) is 35.6 Å². The van der Waals surface area contributed by atoms with Gasteiger partial charge < -0.3 is 10.2 Å². The smallest absolute Gasteiger partial charge is 0.317 e. The largest absolute Gasteiger partial charge is 0.335 e. The number of benzene rings is 1. The predicted molar refractivity (Wildman–Crippen MR) is 103 cm³/mol. The van der Waals surface area contributed by atoms with E-state index in [9.17, 15) is 4.79 Å². The summed E-state index contributed by atoms with van der Waals surface area (Å²) >= 11 is 0. The van der Waals surface area contributed by atoms with Crippen molar-refractivity contribution in [2.75, 3.05) is 20.1 Å². The van der Waals surface area contributed by atoms with Gasteiger partial charge in [0.1, 0.15) is 0 Å². The molecule has 1 saturated heterocycles. The molecule has 1 saturated carbocycles. The summed E-state index contributed by atoms with van der Waals surface area (Å²) in [4.78, 5) is 17.1. The molecule has 25 heavy (non-hydrogen) atoms. The van der Waals surface area contributed by atoms with Gasteiger partial charge in [-0.1, -0.05) is 56.0 Å². The number of hydrogen-bond acceptors (Lipinski definition) is 2. The van der Waals surface area contributed by atoms with Gasteiger partial charge >= 0.3 is 6.03 Å². The highest BCUT2D eigenvalue weighted by atomic mass is 16.2. The van der Waals surface area contributed by atoms with E-state index in [0.717, 1.165) is 32.5 Å². The summed E-state index contributed by atoms with van der Waals surface area (Å²) in [5.41, 5.74) is 1.37. The van der Waals surface area contributed by atoms with Crippen molar-refractivity contribution in [1.82, 2.24) is 15.1 Å². The number of amides is 2. The Bertz CT molecular complexity index is 517. The molecule has 0 unspecified atom stereocenters. The molecule has 138 valence electrons. The minimum absolute atomic E-state index is 0.133. The number of carbonyl (C=O) groups excluding carboxylic acids is 1. The monoisotopic (exact) mass is 343 g/mol. The average molecular weight is 344 g/mol. The molecule has 3 rings (SSSR count). The molecule has 1 N–H and O–H groups in total. The Kier molecular flexibility index (Phi) is 6.74. The molecule has 1 aliphatic carbocycles. The van der Waals surface area contributed by atoms with Gasteiger partial charge in [0.15, 0.2) is 0 Å². The molecule has 1 aliphatic heterocycles. The molecule has 2 amide bonds. The molecule has 2 fully saturated rings. The number of nitrogens with zero attached hydrogens (tertiary/aromatic N) is 2. The molecule has 1 aromatic rings. The minimum atomic E-state index is 0.133. The van der Waals surface area contributed by atoms with E-state index in [2.05, 4.69) is 40.5 Å². The van der Waals surface area contributed by atoms with Crippen molar-refractivity contribution in [3.05, 3.63) is 35.9 Å². The molecular formula is C21H33N3O. The van der Waals surface area contributed by atoms with Gasteiger partial charge in [-0.15, -0.1) is 0 Å². The third-order valence-corrected chi connectivity index (χ3v) is 5.86. The molecule has 0 spiro atoms. The standard InChI is InChI=1S/C21H33N3O/c1-23(20-11-7-2-3-8-12-20)21(25)22-19-13-15-24(16-14-19)17-18-9-5-4-6-10-18/h4-6,9-10,19-20H,2-3,7-8,11-17H2,1H3,(H,22,25). The number of nitrogens with one attached hydrogen (secondary N) is 1. The zero-order valence-electron chi connectivity index (χ0n) is 15.6. The lowest BCUT2D eigenvalue weighted by molar-refractivity contribution is 0.161. The number of piperidine rings is 1. The van der Waals surface area contributed by atoms with Crippen LogP contribution in [0.4, 0.5) is 4.79 Å². The molecule has 0 aromatic heterocycles. The summed E-state index contributed by atoms with van der Waals surface area (Å²) in [5, 5.41) is 3.28. The summed E-state index contributed by atoms with van der Waals surface area (Å²) in [5.74, 6) is 0. The Hall–Kier alpha value is -1.55. The molecule has 0 atom stereocenters. The second kappa shape index (κ2) is 9.23. The molecule has 1 heterocycles. The fraction of sp³-hybridized carbons (Fsp3) is 0.667. The van der Waals surface area contributed by atoms with Gasteiger partial charge in [-0.25, -0.2) is 4.79 Å². The van der Waals surface area contributed by atoms with E-state index >= 15 is 0 Å². The van der Waals surface area contributed by atoms with Crippen LogP contribution in [0, 0.1) is 0 Å². The lowest BCUT2D eigenvalue weighted by Crippen LogP contribution is -2.50. The summed E-state index contributed by atoms with van der Waals surface area (Å²) < 4.78 is 0. The quantitative estimate of drug-likeness (QED) is 0.838. The second-order valence-corrected chi connectivity index (χ2v) is 7.74. The summed E-state index contributed by atoms with van der Waals surface area (Å²) in [6, 6.07) is 11.5. The normalized spacial score (nSPS) is 20.8. The number of carbonyl (C=O) groups is 1. The van der Waals surface area contributed by atoms with Crippen molar-refractivity contribution in [2.24, 2.45) is 0 Å². The maximum absolute atomic E-state index is 12.6. The zero-order chi connectivity index (χ0) is 17.5. The van der Waals surface area contributed by atoms with Crippen LogP contribution in [-0.4, -0.2) is 48.1 Å². The third-order valence-electron chi connectivity index (χ3n) is 5.86. The van der Waals surface area contributed by atoms with Crippen LogP contribution < -0.4 is 5.32 Å². The Morgan fingerprint density at radius 2 is 1.68 bits per heavy atom. The first-order valence-electron chi connectivity index (χ1n) is 10.0. The van der Waals surface area contributed by atoms with Crippen LogP contribution in [0.1, 0.15) is 56.9 Å². The van der Waals surface area contributed by atoms with Crippen molar-refractivity contribution in [2.45, 2.75) is 70.0 Å². The maximum Gasteiger partial charge on any atom is 0.317 e. The van der Waals surface area contributed by atoms with Crippen LogP contribution >= 0.6 is 0 Å². The SMILES string of the molecule is CN(C(=O)NC1CCN(Cc2ccccc2)CC1)C1CCCCCC1. The molecule has 2 aliphatic rings. The first kappa shape index (κ1) is 18.2. The van der Waals surface area contributed by atoms with E-state index in [1.54, 1.807) is 0 Å². The number of urea groups is 1. The van der Waals surface area contributed by atoms with Crippen LogP contribution in [0.2, 0.25) is 0 Å². The van der Waals surface area contributed by atoms with E-state index in [1.165, 1.54) is 44.1 Å². The molecule has 1 aromatic carbocycles. The predicted octanol–water partition coefficient (Wildman–Crippen LogP) is 4.02. The van der Waals surface area contributed by atoms with Crippen LogP contribution in [0.15, 0.2) is 30.3 Å². The van der Waals surface area contributed by atoms with Crippen molar-refractivity contribution >= 4 is 6.03 Å². The first-order chi connectivity index (χ1) is 12.2. The Morgan fingerprint density at radius 3 is 2.32 bits per heavy atom. The maximum atomic E-state index is 12.6. The van der Waals surface area contributed by atoms with Gasteiger partial charge in [0, 0.05) is 38.8 Å². The van der Waals surface area contributed by atoms with Gasteiger partial charge in [-0.3, -0.25) is 4.90 Å². The van der Waals surface area contributed by atoms with E-state index in [4.69, 9.17) is 0 Å². The van der Waals surface area contributed by atoms with Gasteiger partial charge in [0.05, 0.1) is 0 Å². The highest BCUT2D eigenvalue weighted by Gasteiger charge is 2.25. The minimum Gasteiger partial charge on any atom is -0.335 e. The molecule has 0 radical (unpaired) electrons. The second-order valence-electron chi connectivity index (χ2n) is 7.74. The fourth-order valence-corrected chi connectivity index (χ4v) is 4.16. The van der Waals surface area contributed by atoms with Crippen molar-refractivity contribution < 1.29 is 4.79 Å². The summed E-state index contributed by atoms with van der Waals surface area (Å²) in [6.45, 7) is 3.14.